The van der Waals surface area contributed by atoms with E-state index >= 15 is 0 Å². The smallest absolute Gasteiger partial charge is 0.257 e. The van der Waals surface area contributed by atoms with Gasteiger partial charge in [0.1, 0.15) is 19.0 Å². The number of fused-ring (bicyclic) bond motifs is 1. The van der Waals surface area contributed by atoms with Gasteiger partial charge in [-0.15, -0.1) is 24.8 Å². The van der Waals surface area contributed by atoms with Crippen LogP contribution in [0.2, 0.25) is 0 Å². The highest BCUT2D eigenvalue weighted by Gasteiger charge is 2.31. The topological polar surface area (TPSA) is 68.6 Å². The minimum atomic E-state index is -0.200. The number of ether oxygens (including phenoxy) is 2. The number of nitrogens with zero attached hydrogens (tertiary/aromatic N) is 3. The summed E-state index contributed by atoms with van der Waals surface area (Å²) in [6.45, 7) is 5.08. The SMILES string of the molecule is Cl.Cl.O=c1ccc2ccc(F)c3c2n1CC3CN1CCC(NCc2cnc3c(c2)OCCO3)CC1. The van der Waals surface area contributed by atoms with E-state index in [1.165, 1.54) is 6.07 Å². The average molecular weight is 523 g/mol. The number of benzene rings is 1. The molecular weight excluding hydrogens is 494 g/mol. The van der Waals surface area contributed by atoms with E-state index in [1.807, 2.05) is 12.3 Å². The Morgan fingerprint density at radius 2 is 1.86 bits per heavy atom. The summed E-state index contributed by atoms with van der Waals surface area (Å²) in [7, 11) is 0. The van der Waals surface area contributed by atoms with Gasteiger partial charge < -0.3 is 24.3 Å². The molecule has 1 saturated heterocycles. The first-order valence-corrected chi connectivity index (χ1v) is 11.7. The fourth-order valence-electron chi connectivity index (χ4n) is 5.39. The summed E-state index contributed by atoms with van der Waals surface area (Å²) in [5.41, 5.74) is 2.52. The number of rotatable bonds is 5. The van der Waals surface area contributed by atoms with Crippen molar-refractivity contribution in [1.29, 1.82) is 0 Å². The van der Waals surface area contributed by atoms with E-state index in [1.54, 1.807) is 22.8 Å². The highest BCUT2D eigenvalue weighted by molar-refractivity contribution is 5.86. The molecule has 2 aromatic heterocycles. The second-order valence-corrected chi connectivity index (χ2v) is 9.18. The summed E-state index contributed by atoms with van der Waals surface area (Å²) in [6, 6.07) is 9.11. The number of piperidine rings is 1. The lowest BCUT2D eigenvalue weighted by Gasteiger charge is -2.34. The van der Waals surface area contributed by atoms with E-state index in [0.29, 0.717) is 43.0 Å². The predicted octanol–water partition coefficient (Wildman–Crippen LogP) is 3.50. The van der Waals surface area contributed by atoms with Gasteiger partial charge in [0.2, 0.25) is 0 Å². The lowest BCUT2D eigenvalue weighted by Crippen LogP contribution is -2.43. The third-order valence-corrected chi connectivity index (χ3v) is 7.06. The Labute approximate surface area is 215 Å². The number of nitrogens with one attached hydrogen (secondary N) is 1. The monoisotopic (exact) mass is 522 g/mol. The van der Waals surface area contributed by atoms with E-state index in [0.717, 1.165) is 55.5 Å². The first-order chi connectivity index (χ1) is 16.2. The third-order valence-electron chi connectivity index (χ3n) is 7.06. The van der Waals surface area contributed by atoms with Crippen LogP contribution in [0.4, 0.5) is 4.39 Å². The van der Waals surface area contributed by atoms with Crippen molar-refractivity contribution in [1.82, 2.24) is 19.8 Å². The van der Waals surface area contributed by atoms with Crippen LogP contribution < -0.4 is 20.3 Å². The Bertz CT molecular complexity index is 1260. The molecule has 1 atom stereocenters. The van der Waals surface area contributed by atoms with Gasteiger partial charge in [-0.3, -0.25) is 4.79 Å². The molecule has 0 saturated carbocycles. The first kappa shape index (κ1) is 25.7. The molecule has 35 heavy (non-hydrogen) atoms. The van der Waals surface area contributed by atoms with Crippen molar-refractivity contribution in [3.05, 3.63) is 63.8 Å². The zero-order valence-corrected chi connectivity index (χ0v) is 20.9. The number of pyridine rings is 2. The zero-order chi connectivity index (χ0) is 22.4. The van der Waals surface area contributed by atoms with Crippen molar-refractivity contribution >= 4 is 35.7 Å². The fourth-order valence-corrected chi connectivity index (χ4v) is 5.39. The minimum absolute atomic E-state index is 0. The Hall–Kier alpha value is -2.39. The fraction of sp³-hybridized carbons (Fsp3) is 0.440. The van der Waals surface area contributed by atoms with E-state index in [9.17, 15) is 9.18 Å². The Kier molecular flexibility index (Phi) is 7.86. The largest absolute Gasteiger partial charge is 0.484 e. The number of halogens is 3. The van der Waals surface area contributed by atoms with Crippen molar-refractivity contribution < 1.29 is 13.9 Å². The molecule has 188 valence electrons. The van der Waals surface area contributed by atoms with E-state index in [2.05, 4.69) is 15.2 Å². The van der Waals surface area contributed by atoms with E-state index in [4.69, 9.17) is 9.47 Å². The second-order valence-electron chi connectivity index (χ2n) is 9.18. The number of hydrogen-bond acceptors (Lipinski definition) is 6. The number of likely N-dealkylation sites (tertiary alicyclic amines) is 1. The molecular formula is C25H29Cl2FN4O3. The van der Waals surface area contributed by atoms with Crippen LogP contribution in [0, 0.1) is 5.82 Å². The zero-order valence-electron chi connectivity index (χ0n) is 19.2. The molecule has 0 aliphatic carbocycles. The molecule has 0 spiro atoms. The lowest BCUT2D eigenvalue weighted by atomic mass is 9.97. The summed E-state index contributed by atoms with van der Waals surface area (Å²) < 4.78 is 27.6. The van der Waals surface area contributed by atoms with Crippen molar-refractivity contribution in [2.45, 2.75) is 37.9 Å². The first-order valence-electron chi connectivity index (χ1n) is 11.7. The Morgan fingerprint density at radius 3 is 2.69 bits per heavy atom. The van der Waals surface area contributed by atoms with Crippen molar-refractivity contribution in [2.24, 2.45) is 0 Å². The molecule has 10 heteroatoms. The van der Waals surface area contributed by atoms with Gasteiger partial charge in [0, 0.05) is 49.4 Å². The van der Waals surface area contributed by atoms with Crippen molar-refractivity contribution in [3.8, 4) is 11.6 Å². The van der Waals surface area contributed by atoms with Gasteiger partial charge in [-0.2, -0.15) is 0 Å². The maximum atomic E-state index is 14.8. The summed E-state index contributed by atoms with van der Waals surface area (Å²) in [5, 5.41) is 4.57. The minimum Gasteiger partial charge on any atom is -0.484 e. The lowest BCUT2D eigenvalue weighted by molar-refractivity contribution is 0.164. The average Bonchev–Trinajstić information content (AvgIpc) is 3.23. The van der Waals surface area contributed by atoms with Crippen LogP contribution in [0.3, 0.4) is 0 Å². The van der Waals surface area contributed by atoms with Gasteiger partial charge in [0.15, 0.2) is 5.75 Å². The van der Waals surface area contributed by atoms with Gasteiger partial charge in [-0.25, -0.2) is 9.37 Å². The van der Waals surface area contributed by atoms with Gasteiger partial charge in [-0.1, -0.05) is 0 Å². The van der Waals surface area contributed by atoms with E-state index in [-0.39, 0.29) is 42.1 Å². The molecule has 1 fully saturated rings. The summed E-state index contributed by atoms with van der Waals surface area (Å²) in [5.74, 6) is 1.10. The molecule has 3 aliphatic heterocycles. The maximum Gasteiger partial charge on any atom is 0.257 e. The summed E-state index contributed by atoms with van der Waals surface area (Å²) >= 11 is 0. The van der Waals surface area contributed by atoms with Crippen LogP contribution >= 0.6 is 24.8 Å². The normalized spacial score (nSPS) is 19.3. The molecule has 1 N–H and O–H groups in total. The van der Waals surface area contributed by atoms with Gasteiger partial charge in [0.05, 0.1) is 5.52 Å². The van der Waals surface area contributed by atoms with Crippen LogP contribution in [0.1, 0.15) is 29.9 Å². The molecule has 3 aliphatic rings. The van der Waals surface area contributed by atoms with Crippen LogP contribution in [-0.2, 0) is 13.1 Å². The molecule has 7 nitrogen and oxygen atoms in total. The van der Waals surface area contributed by atoms with Crippen LogP contribution in [0.5, 0.6) is 11.6 Å². The van der Waals surface area contributed by atoms with Crippen molar-refractivity contribution in [2.75, 3.05) is 32.8 Å². The van der Waals surface area contributed by atoms with Gasteiger partial charge in [-0.05, 0) is 61.1 Å². The predicted molar refractivity (Wildman–Crippen MR) is 137 cm³/mol. The van der Waals surface area contributed by atoms with Crippen LogP contribution in [0.25, 0.3) is 10.9 Å². The molecule has 0 amide bonds. The molecule has 0 bridgehead atoms. The van der Waals surface area contributed by atoms with Gasteiger partial charge in [0.25, 0.3) is 11.4 Å². The highest BCUT2D eigenvalue weighted by Crippen LogP contribution is 2.35. The Balaban J connectivity index is 0.00000144. The molecule has 3 aromatic rings. The highest BCUT2D eigenvalue weighted by atomic mass is 35.5. The molecule has 6 rings (SSSR count). The Morgan fingerprint density at radius 1 is 1.09 bits per heavy atom. The van der Waals surface area contributed by atoms with Crippen molar-refractivity contribution in [3.63, 3.8) is 0 Å². The van der Waals surface area contributed by atoms with E-state index < -0.39 is 0 Å². The second kappa shape index (κ2) is 10.7. The molecule has 0 radical (unpaired) electrons. The van der Waals surface area contributed by atoms with Crippen LogP contribution in [-0.4, -0.2) is 53.3 Å². The molecule has 5 heterocycles. The van der Waals surface area contributed by atoms with Crippen LogP contribution in [0.15, 0.2) is 41.3 Å². The summed E-state index contributed by atoms with van der Waals surface area (Å²) in [6.07, 6.45) is 3.90. The molecule has 1 unspecified atom stereocenters. The maximum absolute atomic E-state index is 14.8. The molecule has 1 aromatic carbocycles. The third kappa shape index (κ3) is 4.98. The quantitative estimate of drug-likeness (QED) is 0.553. The standard InChI is InChI=1S/C25H27FN4O3.2ClH/c26-20-3-1-17-2-4-22(31)30-15-18(23(20)24(17)30)14-29-7-5-19(6-8-29)27-12-16-11-21-25(28-13-16)33-10-9-32-21;;/h1-4,11,13,18-19,27H,5-10,12,14-15H2;2*1H. The number of hydrogen-bond donors (Lipinski definition) is 1. The summed E-state index contributed by atoms with van der Waals surface area (Å²) in [4.78, 5) is 19.1. The van der Waals surface area contributed by atoms with Gasteiger partial charge >= 0.3 is 0 Å². The number of aromatic nitrogens is 2.